The topological polar surface area (TPSA) is 89.2 Å². The fourth-order valence-electron chi connectivity index (χ4n) is 8.76. The number of furan rings is 1. The zero-order valence-corrected chi connectivity index (χ0v) is 22.7. The normalized spacial score (nSPS) is 44.8. The summed E-state index contributed by atoms with van der Waals surface area (Å²) in [7, 11) is 0. The number of nitrogens with zero attached hydrogens (tertiary/aromatic N) is 1. The predicted octanol–water partition coefficient (Wildman–Crippen LogP) is 4.65. The lowest BCUT2D eigenvalue weighted by Crippen LogP contribution is -2.70. The molecule has 4 aliphatic carbocycles. The Kier molecular flexibility index (Phi) is 6.25. The summed E-state index contributed by atoms with van der Waals surface area (Å²) in [5.41, 5.74) is -5.13. The van der Waals surface area contributed by atoms with Crippen LogP contribution in [0.4, 0.5) is 8.78 Å². The molecular formula is C30H37F2NO6. The van der Waals surface area contributed by atoms with Gasteiger partial charge in [-0.15, -0.1) is 0 Å². The summed E-state index contributed by atoms with van der Waals surface area (Å²) in [6, 6.07) is 1.83. The second-order valence-electron chi connectivity index (χ2n) is 12.6. The minimum absolute atomic E-state index is 0.0504. The number of fused-ring (bicyclic) bond motifs is 7. The van der Waals surface area contributed by atoms with Crippen LogP contribution >= 0.6 is 0 Å². The summed E-state index contributed by atoms with van der Waals surface area (Å²) in [6.07, 6.45) is 5.83. The molecule has 0 spiro atoms. The molecule has 6 rings (SSSR count). The molecule has 0 unspecified atom stereocenters. The fourth-order valence-corrected chi connectivity index (χ4v) is 8.76. The van der Waals surface area contributed by atoms with E-state index in [9.17, 15) is 14.7 Å². The van der Waals surface area contributed by atoms with E-state index in [2.05, 4.69) is 0 Å². The molecule has 1 N–H and O–H groups in total. The van der Waals surface area contributed by atoms with Crippen molar-refractivity contribution in [2.45, 2.75) is 83.0 Å². The van der Waals surface area contributed by atoms with Crippen LogP contribution in [0.2, 0.25) is 0 Å². The predicted molar refractivity (Wildman–Crippen MR) is 136 cm³/mol. The van der Waals surface area contributed by atoms with Crippen molar-refractivity contribution in [1.82, 2.24) is 5.06 Å². The molecule has 3 saturated carbocycles. The Hall–Kier alpha value is -2.36. The van der Waals surface area contributed by atoms with Gasteiger partial charge < -0.3 is 14.3 Å². The number of ketones is 1. The highest BCUT2D eigenvalue weighted by Gasteiger charge is 2.80. The third kappa shape index (κ3) is 3.48. The van der Waals surface area contributed by atoms with Crippen molar-refractivity contribution < 1.29 is 37.5 Å². The number of hydrogen-bond acceptors (Lipinski definition) is 7. The standard InChI is InChI=1S/C30H37F2NO6/c1-4-5-9-38-26(36)30-19(16-33(39-30)15-18-7-10-37-17-18)11-21-22-13-24(31)23-12-20(34)6-8-27(23,2)29(22,32)25(35)14-28(21,30)3/h6-8,10,12,17,19,21-22,24-25,35H,4-5,9,11,13-16H2,1-3H3/t19-,21-,22-,24-,25-,27-,28-,29-,30-/m0/s1. The van der Waals surface area contributed by atoms with E-state index < -0.39 is 52.2 Å². The molecule has 9 heteroatoms. The molecule has 1 aliphatic heterocycles. The van der Waals surface area contributed by atoms with Crippen LogP contribution < -0.4 is 0 Å². The van der Waals surface area contributed by atoms with E-state index in [-0.39, 0.29) is 36.7 Å². The Morgan fingerprint density at radius 1 is 1.28 bits per heavy atom. The van der Waals surface area contributed by atoms with Gasteiger partial charge >= 0.3 is 5.97 Å². The van der Waals surface area contributed by atoms with Gasteiger partial charge in [-0.05, 0) is 62.3 Å². The van der Waals surface area contributed by atoms with Gasteiger partial charge in [0, 0.05) is 34.8 Å². The molecule has 4 fully saturated rings. The van der Waals surface area contributed by atoms with E-state index in [1.807, 2.05) is 19.9 Å². The van der Waals surface area contributed by atoms with Crippen LogP contribution in [0.5, 0.6) is 0 Å². The molecule has 212 valence electrons. The third-order valence-corrected chi connectivity index (χ3v) is 10.7. The van der Waals surface area contributed by atoms with E-state index >= 15 is 8.78 Å². The first-order valence-electron chi connectivity index (χ1n) is 14.1. The number of hydroxylamine groups is 2. The van der Waals surface area contributed by atoms with Crippen LogP contribution in [0.15, 0.2) is 46.8 Å². The van der Waals surface area contributed by atoms with Crippen molar-refractivity contribution in [2.24, 2.45) is 28.6 Å². The number of halogens is 2. The van der Waals surface area contributed by atoms with E-state index in [0.29, 0.717) is 25.9 Å². The summed E-state index contributed by atoms with van der Waals surface area (Å²) < 4.78 is 44.3. The van der Waals surface area contributed by atoms with Gasteiger partial charge in [0.1, 0.15) is 6.17 Å². The number of esters is 1. The van der Waals surface area contributed by atoms with Crippen LogP contribution in [0.1, 0.15) is 58.4 Å². The summed E-state index contributed by atoms with van der Waals surface area (Å²) in [5, 5.41) is 13.4. The van der Waals surface area contributed by atoms with Crippen molar-refractivity contribution in [3.63, 3.8) is 0 Å². The van der Waals surface area contributed by atoms with Crippen molar-refractivity contribution in [3.05, 3.63) is 48.0 Å². The lowest BCUT2D eigenvalue weighted by Gasteiger charge is -2.63. The highest BCUT2D eigenvalue weighted by molar-refractivity contribution is 6.01. The Morgan fingerprint density at radius 2 is 2.08 bits per heavy atom. The Balaban J connectivity index is 1.40. The van der Waals surface area contributed by atoms with Gasteiger partial charge in [0.2, 0.25) is 0 Å². The Labute approximate surface area is 227 Å². The number of ether oxygens (including phenoxy) is 1. The molecule has 0 amide bonds. The molecule has 1 saturated heterocycles. The van der Waals surface area contributed by atoms with Gasteiger partial charge in [0.15, 0.2) is 17.1 Å². The molecule has 0 radical (unpaired) electrons. The molecule has 0 aromatic carbocycles. The first kappa shape index (κ1) is 26.8. The first-order valence-corrected chi connectivity index (χ1v) is 14.1. The molecule has 1 aromatic rings. The van der Waals surface area contributed by atoms with E-state index in [1.54, 1.807) is 24.5 Å². The smallest absolute Gasteiger partial charge is 0.341 e. The minimum Gasteiger partial charge on any atom is -0.472 e. The van der Waals surface area contributed by atoms with Gasteiger partial charge in [-0.25, -0.2) is 13.6 Å². The maximum absolute atomic E-state index is 17.5. The van der Waals surface area contributed by atoms with Crippen LogP contribution in [0, 0.1) is 28.6 Å². The average Bonchev–Trinajstić information content (AvgIpc) is 3.58. The number of rotatable bonds is 6. The van der Waals surface area contributed by atoms with Crippen molar-refractivity contribution in [2.75, 3.05) is 13.2 Å². The zero-order chi connectivity index (χ0) is 27.8. The second-order valence-corrected chi connectivity index (χ2v) is 12.6. The number of carbonyl (C=O) groups excluding carboxylic acids is 2. The molecule has 5 aliphatic rings. The SMILES string of the molecule is CCCCOC(=O)[C@@]12ON(Cc3ccoc3)C[C@@H]1C[C@H]1[C@@H]3C[C@H](F)C4=CC(=O)C=C[C@]4(C)[C@@]3(F)[C@@H](O)C[C@@]12C. The Morgan fingerprint density at radius 3 is 2.79 bits per heavy atom. The average molecular weight is 546 g/mol. The zero-order valence-electron chi connectivity index (χ0n) is 22.7. The Bertz CT molecular complexity index is 1220. The molecule has 9 atom stereocenters. The first-order chi connectivity index (χ1) is 18.5. The molecule has 1 aromatic heterocycles. The van der Waals surface area contributed by atoms with Gasteiger partial charge in [-0.1, -0.05) is 26.3 Å². The highest BCUT2D eigenvalue weighted by Crippen LogP contribution is 2.72. The third-order valence-electron chi connectivity index (χ3n) is 10.7. The highest BCUT2D eigenvalue weighted by atomic mass is 19.1. The number of hydrogen-bond donors (Lipinski definition) is 1. The summed E-state index contributed by atoms with van der Waals surface area (Å²) in [6.45, 7) is 6.52. The molecule has 39 heavy (non-hydrogen) atoms. The van der Waals surface area contributed by atoms with E-state index in [4.69, 9.17) is 14.0 Å². The lowest BCUT2D eigenvalue weighted by molar-refractivity contribution is -0.277. The number of allylic oxidation sites excluding steroid dienone is 4. The van der Waals surface area contributed by atoms with Crippen LogP contribution in [-0.2, 0) is 25.7 Å². The maximum Gasteiger partial charge on any atom is 0.341 e. The number of unbranched alkanes of at least 4 members (excludes halogenated alkanes) is 1. The molecule has 7 nitrogen and oxygen atoms in total. The van der Waals surface area contributed by atoms with Crippen molar-refractivity contribution in [1.29, 1.82) is 0 Å². The second kappa shape index (κ2) is 9.08. The monoisotopic (exact) mass is 545 g/mol. The lowest BCUT2D eigenvalue weighted by atomic mass is 9.44. The summed E-state index contributed by atoms with van der Waals surface area (Å²) in [5.74, 6) is -2.51. The van der Waals surface area contributed by atoms with Gasteiger partial charge in [0.25, 0.3) is 0 Å². The molecular weight excluding hydrogens is 508 g/mol. The van der Waals surface area contributed by atoms with Crippen LogP contribution in [-0.4, -0.2) is 58.6 Å². The number of carbonyl (C=O) groups is 2. The van der Waals surface area contributed by atoms with Gasteiger partial charge in [-0.3, -0.25) is 9.63 Å². The fraction of sp³-hybridized carbons (Fsp3) is 0.667. The van der Waals surface area contributed by atoms with Crippen molar-refractivity contribution in [3.8, 4) is 0 Å². The molecule has 2 heterocycles. The van der Waals surface area contributed by atoms with Gasteiger partial charge in [0.05, 0.1) is 31.8 Å². The van der Waals surface area contributed by atoms with Crippen molar-refractivity contribution >= 4 is 11.8 Å². The van der Waals surface area contributed by atoms with E-state index in [0.717, 1.165) is 12.0 Å². The number of aliphatic hydroxyl groups is 1. The maximum atomic E-state index is 17.5. The van der Waals surface area contributed by atoms with E-state index in [1.165, 1.54) is 18.2 Å². The van der Waals surface area contributed by atoms with Crippen LogP contribution in [0.3, 0.4) is 0 Å². The van der Waals surface area contributed by atoms with Crippen LogP contribution in [0.25, 0.3) is 0 Å². The largest absolute Gasteiger partial charge is 0.472 e. The summed E-state index contributed by atoms with van der Waals surface area (Å²) >= 11 is 0. The number of alkyl halides is 2. The minimum atomic E-state index is -2.20. The van der Waals surface area contributed by atoms with Gasteiger partial charge in [-0.2, -0.15) is 5.06 Å². The summed E-state index contributed by atoms with van der Waals surface area (Å²) in [4.78, 5) is 32.6. The number of aliphatic hydroxyl groups excluding tert-OH is 1. The quantitative estimate of drug-likeness (QED) is 0.411. The molecule has 0 bridgehead atoms.